The second-order valence-corrected chi connectivity index (χ2v) is 5.23. The molecule has 0 amide bonds. The highest BCUT2D eigenvalue weighted by molar-refractivity contribution is 5.75. The molecule has 2 atom stereocenters. The van der Waals surface area contributed by atoms with Gasteiger partial charge < -0.3 is 14.6 Å². The van der Waals surface area contributed by atoms with Gasteiger partial charge in [0.2, 0.25) is 0 Å². The van der Waals surface area contributed by atoms with Crippen LogP contribution in [0.3, 0.4) is 0 Å². The highest BCUT2D eigenvalue weighted by atomic mass is 16.5. The molecule has 0 aromatic heterocycles. The maximum atomic E-state index is 12.0. The van der Waals surface area contributed by atoms with Crippen molar-refractivity contribution in [1.82, 2.24) is 0 Å². The third-order valence-corrected chi connectivity index (χ3v) is 3.43. The van der Waals surface area contributed by atoms with Crippen molar-refractivity contribution in [3.8, 4) is 0 Å². The molecule has 2 unspecified atom stereocenters. The quantitative estimate of drug-likeness (QED) is 0.709. The van der Waals surface area contributed by atoms with Crippen molar-refractivity contribution in [3.05, 3.63) is 35.9 Å². The summed E-state index contributed by atoms with van der Waals surface area (Å²) in [6, 6.07) is 9.45. The molecule has 0 spiro atoms. The fourth-order valence-corrected chi connectivity index (χ4v) is 2.09. The van der Waals surface area contributed by atoms with Gasteiger partial charge in [-0.3, -0.25) is 9.59 Å². The molecular weight excluding hydrogens is 284 g/mol. The fourth-order valence-electron chi connectivity index (χ4n) is 2.09. The molecule has 1 aromatic rings. The van der Waals surface area contributed by atoms with Crippen LogP contribution in [0.25, 0.3) is 0 Å². The number of hydrogen-bond donors (Lipinski definition) is 1. The molecule has 1 rings (SSSR count). The number of carbonyl (C=O) groups is 2. The number of ether oxygens (including phenoxy) is 2. The lowest BCUT2D eigenvalue weighted by molar-refractivity contribution is -0.153. The molecule has 0 aliphatic carbocycles. The number of rotatable bonds is 9. The second kappa shape index (κ2) is 9.95. The number of aliphatic hydroxyl groups is 1. The molecule has 5 heteroatoms. The van der Waals surface area contributed by atoms with E-state index >= 15 is 0 Å². The molecule has 122 valence electrons. The van der Waals surface area contributed by atoms with Crippen molar-refractivity contribution in [2.24, 2.45) is 11.8 Å². The van der Waals surface area contributed by atoms with Gasteiger partial charge in [0, 0.05) is 0 Å². The smallest absolute Gasteiger partial charge is 0.309 e. The normalized spacial score (nSPS) is 13.2. The summed E-state index contributed by atoms with van der Waals surface area (Å²) < 4.78 is 10.2. The first-order chi connectivity index (χ1) is 10.6. The van der Waals surface area contributed by atoms with E-state index in [-0.39, 0.29) is 43.6 Å². The predicted molar refractivity (Wildman–Crippen MR) is 81.8 cm³/mol. The zero-order valence-electron chi connectivity index (χ0n) is 13.2. The van der Waals surface area contributed by atoms with Crippen molar-refractivity contribution in [2.45, 2.75) is 33.3 Å². The number of benzene rings is 1. The monoisotopic (exact) mass is 308 g/mol. The largest absolute Gasteiger partial charge is 0.463 e. The third kappa shape index (κ3) is 6.26. The Labute approximate surface area is 131 Å². The van der Waals surface area contributed by atoms with Crippen molar-refractivity contribution < 1.29 is 24.2 Å². The molecule has 0 fully saturated rings. The van der Waals surface area contributed by atoms with E-state index in [1.807, 2.05) is 37.3 Å². The number of carbonyl (C=O) groups excluding carboxylic acids is 2. The zero-order chi connectivity index (χ0) is 16.4. The summed E-state index contributed by atoms with van der Waals surface area (Å²) in [6.07, 6.45) is 0.967. The lowest BCUT2D eigenvalue weighted by atomic mass is 9.94. The van der Waals surface area contributed by atoms with Crippen molar-refractivity contribution in [2.75, 3.05) is 13.2 Å². The fraction of sp³-hybridized carbons (Fsp3) is 0.529. The molecular formula is C17H24O5. The second-order valence-electron chi connectivity index (χ2n) is 5.23. The summed E-state index contributed by atoms with van der Waals surface area (Å²) in [7, 11) is 0. The summed E-state index contributed by atoms with van der Waals surface area (Å²) in [4.78, 5) is 23.8. The van der Waals surface area contributed by atoms with Crippen LogP contribution in [-0.2, 0) is 25.7 Å². The first-order valence-electron chi connectivity index (χ1n) is 7.56. The number of esters is 2. The van der Waals surface area contributed by atoms with Crippen LogP contribution in [0.1, 0.15) is 32.3 Å². The minimum Gasteiger partial charge on any atom is -0.463 e. The van der Waals surface area contributed by atoms with Crippen LogP contribution in [0, 0.1) is 11.8 Å². The van der Waals surface area contributed by atoms with Gasteiger partial charge in [0.15, 0.2) is 0 Å². The Morgan fingerprint density at radius 2 is 1.82 bits per heavy atom. The van der Waals surface area contributed by atoms with Crippen LogP contribution < -0.4 is 0 Å². The molecule has 0 heterocycles. The van der Waals surface area contributed by atoms with E-state index in [4.69, 9.17) is 14.6 Å². The van der Waals surface area contributed by atoms with E-state index in [1.54, 1.807) is 6.92 Å². The lowest BCUT2D eigenvalue weighted by Gasteiger charge is -2.17. The minimum absolute atomic E-state index is 0.0117. The SMILES string of the molecule is CCC(CC(C)C(=O)OCc1ccccc1)C(=O)OCCO. The molecule has 0 aliphatic heterocycles. The highest BCUT2D eigenvalue weighted by Gasteiger charge is 2.25. The van der Waals surface area contributed by atoms with Crippen molar-refractivity contribution in [3.63, 3.8) is 0 Å². The van der Waals surface area contributed by atoms with Gasteiger partial charge in [0.05, 0.1) is 18.4 Å². The maximum Gasteiger partial charge on any atom is 0.309 e. The summed E-state index contributed by atoms with van der Waals surface area (Å²) in [5, 5.41) is 8.67. The Bertz CT molecular complexity index is 457. The topological polar surface area (TPSA) is 72.8 Å². The first-order valence-corrected chi connectivity index (χ1v) is 7.56. The Balaban J connectivity index is 2.42. The van der Waals surface area contributed by atoms with Crippen LogP contribution >= 0.6 is 0 Å². The Morgan fingerprint density at radius 3 is 2.41 bits per heavy atom. The maximum absolute atomic E-state index is 12.0. The van der Waals surface area contributed by atoms with Gasteiger partial charge in [-0.2, -0.15) is 0 Å². The predicted octanol–water partition coefficient (Wildman–Crippen LogP) is 2.32. The molecule has 0 saturated carbocycles. The van der Waals surface area contributed by atoms with Crippen molar-refractivity contribution >= 4 is 11.9 Å². The van der Waals surface area contributed by atoms with E-state index in [0.717, 1.165) is 5.56 Å². The lowest BCUT2D eigenvalue weighted by Crippen LogP contribution is -2.24. The van der Waals surface area contributed by atoms with Gasteiger partial charge in [-0.1, -0.05) is 44.2 Å². The molecule has 0 aliphatic rings. The Hall–Kier alpha value is -1.88. The summed E-state index contributed by atoms with van der Waals surface area (Å²) in [5.74, 6) is -1.43. The Kier molecular flexibility index (Phi) is 8.22. The van der Waals surface area contributed by atoms with E-state index in [9.17, 15) is 9.59 Å². The molecule has 0 saturated heterocycles. The summed E-state index contributed by atoms with van der Waals surface area (Å²) in [5.41, 5.74) is 0.928. The van der Waals surface area contributed by atoms with Gasteiger partial charge in [0.1, 0.15) is 13.2 Å². The minimum atomic E-state index is -0.379. The molecule has 0 bridgehead atoms. The highest BCUT2D eigenvalue weighted by Crippen LogP contribution is 2.19. The number of hydrogen-bond acceptors (Lipinski definition) is 5. The first kappa shape index (κ1) is 18.2. The average Bonchev–Trinajstić information content (AvgIpc) is 2.55. The number of aliphatic hydroxyl groups excluding tert-OH is 1. The van der Waals surface area contributed by atoms with E-state index in [0.29, 0.717) is 12.8 Å². The van der Waals surface area contributed by atoms with Gasteiger partial charge in [0.25, 0.3) is 0 Å². The molecule has 1 aromatic carbocycles. The zero-order valence-corrected chi connectivity index (χ0v) is 13.2. The van der Waals surface area contributed by atoms with Crippen LogP contribution in [0.5, 0.6) is 0 Å². The van der Waals surface area contributed by atoms with E-state index < -0.39 is 0 Å². The van der Waals surface area contributed by atoms with Crippen LogP contribution in [0.2, 0.25) is 0 Å². The third-order valence-electron chi connectivity index (χ3n) is 3.43. The van der Waals surface area contributed by atoms with Gasteiger partial charge in [-0.05, 0) is 18.4 Å². The van der Waals surface area contributed by atoms with Crippen LogP contribution in [0.15, 0.2) is 30.3 Å². The van der Waals surface area contributed by atoms with Gasteiger partial charge in [-0.25, -0.2) is 0 Å². The summed E-state index contributed by atoms with van der Waals surface area (Å²) >= 11 is 0. The standard InChI is InChI=1S/C17H24O5/c1-3-15(17(20)21-10-9-18)11-13(2)16(19)22-12-14-7-5-4-6-8-14/h4-8,13,15,18H,3,9-12H2,1-2H3. The molecule has 22 heavy (non-hydrogen) atoms. The van der Waals surface area contributed by atoms with E-state index in [1.165, 1.54) is 0 Å². The summed E-state index contributed by atoms with van der Waals surface area (Å²) in [6.45, 7) is 3.64. The van der Waals surface area contributed by atoms with Gasteiger partial charge in [-0.15, -0.1) is 0 Å². The van der Waals surface area contributed by atoms with Crippen molar-refractivity contribution in [1.29, 1.82) is 0 Å². The molecule has 1 N–H and O–H groups in total. The Morgan fingerprint density at radius 1 is 1.14 bits per heavy atom. The average molecular weight is 308 g/mol. The van der Waals surface area contributed by atoms with E-state index in [2.05, 4.69) is 0 Å². The van der Waals surface area contributed by atoms with Gasteiger partial charge >= 0.3 is 11.9 Å². The molecule has 5 nitrogen and oxygen atoms in total. The van der Waals surface area contributed by atoms with Crippen LogP contribution in [0.4, 0.5) is 0 Å². The molecule has 0 radical (unpaired) electrons. The van der Waals surface area contributed by atoms with Crippen LogP contribution in [-0.4, -0.2) is 30.3 Å².